The van der Waals surface area contributed by atoms with Crippen LogP contribution in [-0.2, 0) is 4.74 Å². The van der Waals surface area contributed by atoms with Gasteiger partial charge in [-0.05, 0) is 82.5 Å². The predicted octanol–water partition coefficient (Wildman–Crippen LogP) is 6.48. The number of β-amino-alcohol motifs (C(OH)–C–C–N with tert-alkyl or cyclic N) is 1. The summed E-state index contributed by atoms with van der Waals surface area (Å²) in [6, 6.07) is 2.01. The van der Waals surface area contributed by atoms with Crippen LogP contribution in [0.5, 0.6) is 6.01 Å². The van der Waals surface area contributed by atoms with Gasteiger partial charge in [-0.15, -0.1) is 0 Å². The van der Waals surface area contributed by atoms with E-state index in [1.165, 1.54) is 0 Å². The molecule has 13 heteroatoms. The van der Waals surface area contributed by atoms with Crippen molar-refractivity contribution in [3.63, 3.8) is 0 Å². The lowest BCUT2D eigenvalue weighted by Gasteiger charge is -2.38. The normalized spacial score (nSPS) is 27.6. The fourth-order valence-electron chi connectivity index (χ4n) is 8.67. The summed E-state index contributed by atoms with van der Waals surface area (Å²) in [6.45, 7) is 5.45. The van der Waals surface area contributed by atoms with Crippen molar-refractivity contribution in [2.75, 3.05) is 51.0 Å². The number of alkyl halides is 2. The van der Waals surface area contributed by atoms with Crippen molar-refractivity contribution in [2.45, 2.75) is 88.8 Å². The van der Waals surface area contributed by atoms with Crippen LogP contribution in [0, 0.1) is 12.7 Å². The molecule has 0 saturated carbocycles. The molecule has 266 valence electrons. The molecular formula is C37H44F3N7O3. The van der Waals surface area contributed by atoms with Gasteiger partial charge in [-0.2, -0.15) is 15.1 Å². The average molecular weight is 692 g/mol. The number of aliphatic hydroxyl groups is 1. The van der Waals surface area contributed by atoms with Crippen molar-refractivity contribution in [1.29, 1.82) is 0 Å². The van der Waals surface area contributed by atoms with Crippen LogP contribution >= 0.6 is 0 Å². The molecule has 4 aliphatic heterocycles. The van der Waals surface area contributed by atoms with Crippen LogP contribution < -0.4 is 9.64 Å². The Morgan fingerprint density at radius 2 is 1.98 bits per heavy atom. The third-order valence-corrected chi connectivity index (χ3v) is 11.1. The Balaban J connectivity index is 1.28. The van der Waals surface area contributed by atoms with Gasteiger partial charge < -0.3 is 19.5 Å². The van der Waals surface area contributed by atoms with Gasteiger partial charge >= 0.3 is 6.01 Å². The topological polar surface area (TPSA) is 102 Å². The minimum absolute atomic E-state index is 0.00372. The Morgan fingerprint density at radius 3 is 2.78 bits per heavy atom. The van der Waals surface area contributed by atoms with Gasteiger partial charge in [0, 0.05) is 43.3 Å². The van der Waals surface area contributed by atoms with Crippen molar-refractivity contribution >= 4 is 33.7 Å². The van der Waals surface area contributed by atoms with Crippen LogP contribution in [0.3, 0.4) is 0 Å². The monoisotopic (exact) mass is 691 g/mol. The maximum atomic E-state index is 17.3. The number of rotatable bonds is 8. The molecule has 4 aliphatic rings. The highest BCUT2D eigenvalue weighted by Crippen LogP contribution is 2.42. The van der Waals surface area contributed by atoms with Gasteiger partial charge in [-0.25, -0.2) is 17.9 Å². The average Bonchev–Trinajstić information content (AvgIpc) is 3.80. The molecule has 8 rings (SSSR count). The minimum atomic E-state index is -1.55. The predicted molar refractivity (Wildman–Crippen MR) is 185 cm³/mol. The second-order valence-corrected chi connectivity index (χ2v) is 14.6. The molecule has 4 saturated heterocycles. The van der Waals surface area contributed by atoms with E-state index in [4.69, 9.17) is 24.5 Å². The van der Waals surface area contributed by atoms with Crippen LogP contribution in [0.25, 0.3) is 39.1 Å². The molecule has 0 bridgehead atoms. The summed E-state index contributed by atoms with van der Waals surface area (Å²) in [5.41, 5.74) is 1.25. The molecule has 0 aliphatic carbocycles. The highest BCUT2D eigenvalue weighted by Gasteiger charge is 2.49. The third kappa shape index (κ3) is 5.71. The van der Waals surface area contributed by atoms with Crippen molar-refractivity contribution in [3.8, 4) is 17.3 Å². The molecule has 4 aromatic rings. The lowest BCUT2D eigenvalue weighted by molar-refractivity contribution is -0.0366. The SMILES string of the molecule is C/C=C\c1c(C)cc2c(cnn2C2CCCCO2)c1-c1ncc2c(N3CCC[C@](O)(CF)C3)nc(OC[C@@]34CCCN3C[C@H](F)C4)nc2c1F. The molecule has 0 radical (unpaired) electrons. The molecule has 3 aromatic heterocycles. The summed E-state index contributed by atoms with van der Waals surface area (Å²) in [5.74, 6) is -0.339. The highest BCUT2D eigenvalue weighted by atomic mass is 19.1. The standard InChI is InChI=1S/C37H44F3N7O3/c1-3-8-25-23(2)15-28-26(18-42-47(28)29-9-4-5-14-49-29)30(25)33-31(40)32-27(17-41-33)34(45-12-7-11-37(48,20-38)21-45)44-35(43-32)50-22-36-10-6-13-46(36)19-24(39)16-36/h3,8,15,17-18,24,29,48H,4-7,9-14,16,19-22H2,1-2H3/b8-3-/t24-,29?,36+,37+/m1/s1. The molecule has 7 heterocycles. The van der Waals surface area contributed by atoms with Gasteiger partial charge in [0.15, 0.2) is 12.0 Å². The number of piperidine rings is 1. The highest BCUT2D eigenvalue weighted by molar-refractivity contribution is 6.02. The number of aromatic nitrogens is 5. The van der Waals surface area contributed by atoms with Gasteiger partial charge in [0.2, 0.25) is 0 Å². The molecule has 10 nitrogen and oxygen atoms in total. The van der Waals surface area contributed by atoms with Crippen molar-refractivity contribution < 1.29 is 27.8 Å². The van der Waals surface area contributed by atoms with E-state index in [1.807, 2.05) is 30.7 Å². The summed E-state index contributed by atoms with van der Waals surface area (Å²) < 4.78 is 60.1. The maximum Gasteiger partial charge on any atom is 0.319 e. The number of ether oxygens (including phenoxy) is 2. The molecule has 1 unspecified atom stereocenters. The number of fused-ring (bicyclic) bond motifs is 3. The molecule has 1 aromatic carbocycles. The number of pyridine rings is 1. The molecular weight excluding hydrogens is 647 g/mol. The van der Waals surface area contributed by atoms with E-state index in [0.29, 0.717) is 55.7 Å². The molecule has 1 N–H and O–H groups in total. The Morgan fingerprint density at radius 1 is 1.12 bits per heavy atom. The molecule has 50 heavy (non-hydrogen) atoms. The Kier molecular flexibility index (Phi) is 8.71. The number of allylic oxidation sites excluding steroid dienone is 1. The van der Waals surface area contributed by atoms with E-state index < -0.39 is 29.8 Å². The molecule has 0 spiro atoms. The fourth-order valence-corrected chi connectivity index (χ4v) is 8.67. The third-order valence-electron chi connectivity index (χ3n) is 11.1. The molecule has 0 amide bonds. The zero-order valence-corrected chi connectivity index (χ0v) is 28.7. The summed E-state index contributed by atoms with van der Waals surface area (Å²) in [5, 5.41) is 16.7. The smallest absolute Gasteiger partial charge is 0.319 e. The van der Waals surface area contributed by atoms with Crippen molar-refractivity contribution in [2.24, 2.45) is 0 Å². The first-order valence-corrected chi connectivity index (χ1v) is 17.9. The van der Waals surface area contributed by atoms with Crippen LogP contribution in [0.2, 0.25) is 0 Å². The van der Waals surface area contributed by atoms with Gasteiger partial charge in [-0.1, -0.05) is 12.2 Å². The number of benzene rings is 1. The zero-order valence-electron chi connectivity index (χ0n) is 28.7. The first-order valence-electron chi connectivity index (χ1n) is 17.9. The van der Waals surface area contributed by atoms with E-state index in [9.17, 15) is 13.9 Å². The van der Waals surface area contributed by atoms with Gasteiger partial charge in [-0.3, -0.25) is 9.88 Å². The number of hydrogen-bond donors (Lipinski definition) is 1. The quantitative estimate of drug-likeness (QED) is 0.223. The zero-order chi connectivity index (χ0) is 34.6. The number of hydrogen-bond acceptors (Lipinski definition) is 9. The van der Waals surface area contributed by atoms with Crippen LogP contribution in [-0.4, -0.2) is 98.1 Å². The van der Waals surface area contributed by atoms with Crippen molar-refractivity contribution in [1.82, 2.24) is 29.6 Å². The number of halogens is 3. The second-order valence-electron chi connectivity index (χ2n) is 14.6. The lowest BCUT2D eigenvalue weighted by Crippen LogP contribution is -2.50. The summed E-state index contributed by atoms with van der Waals surface area (Å²) in [7, 11) is 0. The Hall–Kier alpha value is -3.81. The summed E-state index contributed by atoms with van der Waals surface area (Å²) in [6.07, 6.45) is 11.8. The maximum absolute atomic E-state index is 17.3. The second kappa shape index (κ2) is 13.1. The van der Waals surface area contributed by atoms with E-state index in [1.54, 1.807) is 17.3 Å². The summed E-state index contributed by atoms with van der Waals surface area (Å²) >= 11 is 0. The Labute approximate surface area is 289 Å². The number of anilines is 1. The fraction of sp³-hybridized carbons (Fsp3) is 0.568. The first kappa shape index (κ1) is 33.3. The summed E-state index contributed by atoms with van der Waals surface area (Å²) in [4.78, 5) is 18.0. The van der Waals surface area contributed by atoms with Crippen molar-refractivity contribution in [3.05, 3.63) is 41.5 Å². The van der Waals surface area contributed by atoms with Gasteiger partial charge in [0.1, 0.15) is 42.1 Å². The Bertz CT molecular complexity index is 1950. The largest absolute Gasteiger partial charge is 0.461 e. The van der Waals surface area contributed by atoms with E-state index in [2.05, 4.69) is 16.0 Å². The minimum Gasteiger partial charge on any atom is -0.461 e. The van der Waals surface area contributed by atoms with Gasteiger partial charge in [0.05, 0.1) is 29.2 Å². The van der Waals surface area contributed by atoms with E-state index >= 15 is 4.39 Å². The lowest BCUT2D eigenvalue weighted by atomic mass is 9.93. The van der Waals surface area contributed by atoms with E-state index in [-0.39, 0.29) is 36.6 Å². The number of aryl methyl sites for hydroxylation is 1. The van der Waals surface area contributed by atoms with E-state index in [0.717, 1.165) is 60.7 Å². The first-order chi connectivity index (χ1) is 24.2. The van der Waals surface area contributed by atoms with Crippen LogP contribution in [0.15, 0.2) is 24.5 Å². The van der Waals surface area contributed by atoms with Gasteiger partial charge in [0.25, 0.3) is 0 Å². The molecule has 4 fully saturated rings. The molecule has 4 atom stereocenters. The number of nitrogens with zero attached hydrogens (tertiary/aromatic N) is 7. The van der Waals surface area contributed by atoms with Crippen LogP contribution in [0.1, 0.15) is 75.6 Å². The van der Waals surface area contributed by atoms with Crippen LogP contribution in [0.4, 0.5) is 19.0 Å².